The van der Waals surface area contributed by atoms with E-state index in [1.165, 1.54) is 11.8 Å². The Labute approximate surface area is 132 Å². The van der Waals surface area contributed by atoms with Gasteiger partial charge >= 0.3 is 0 Å². The number of nitriles is 2. The number of aryl methyl sites for hydroxylation is 1. The van der Waals surface area contributed by atoms with Crippen LogP contribution in [-0.2, 0) is 4.74 Å². The van der Waals surface area contributed by atoms with Crippen LogP contribution in [0.3, 0.4) is 0 Å². The Morgan fingerprint density at radius 1 is 1.36 bits per heavy atom. The molecule has 22 heavy (non-hydrogen) atoms. The van der Waals surface area contributed by atoms with Gasteiger partial charge in [-0.3, -0.25) is 5.73 Å². The van der Waals surface area contributed by atoms with Gasteiger partial charge in [0.05, 0.1) is 18.7 Å². The molecule has 2 aliphatic heterocycles. The van der Waals surface area contributed by atoms with Gasteiger partial charge in [-0.1, -0.05) is 36.0 Å². The third-order valence-corrected chi connectivity index (χ3v) is 6.51. The molecule has 4 atom stereocenters. The Morgan fingerprint density at radius 2 is 2.14 bits per heavy atom. The number of nitrogens with one attached hydrogen (secondary N) is 1. The van der Waals surface area contributed by atoms with Crippen molar-refractivity contribution < 1.29 is 9.73 Å². The van der Waals surface area contributed by atoms with Crippen molar-refractivity contribution in [1.82, 2.24) is 0 Å². The van der Waals surface area contributed by atoms with Crippen molar-refractivity contribution in [2.24, 2.45) is 16.6 Å². The molecule has 0 amide bonds. The van der Waals surface area contributed by atoms with E-state index in [0.717, 1.165) is 16.9 Å². The lowest BCUT2D eigenvalue weighted by molar-refractivity contribution is -0.583. The highest BCUT2D eigenvalue weighted by molar-refractivity contribution is 8.00. The molecule has 6 heteroatoms. The van der Waals surface area contributed by atoms with Gasteiger partial charge in [0.25, 0.3) is 10.9 Å². The summed E-state index contributed by atoms with van der Waals surface area (Å²) in [6.45, 7) is 2.55. The van der Waals surface area contributed by atoms with Crippen molar-refractivity contribution in [2.45, 2.75) is 17.9 Å². The number of ether oxygens (including phenoxy) is 1. The highest BCUT2D eigenvalue weighted by atomic mass is 32.2. The number of nitrogens with zero attached hydrogens (tertiary/aromatic N) is 2. The number of benzene rings is 1. The van der Waals surface area contributed by atoms with Gasteiger partial charge in [-0.2, -0.15) is 10.5 Å². The Hall–Kier alpha value is -2.02. The minimum atomic E-state index is -1.02. The van der Waals surface area contributed by atoms with Crippen LogP contribution in [0.4, 0.5) is 0 Å². The summed E-state index contributed by atoms with van der Waals surface area (Å²) in [5, 5.41) is 19.0. The van der Waals surface area contributed by atoms with Crippen LogP contribution in [0.1, 0.15) is 17.0 Å². The fourth-order valence-corrected chi connectivity index (χ4v) is 5.55. The molecule has 0 bridgehead atoms. The summed E-state index contributed by atoms with van der Waals surface area (Å²) in [7, 11) is 0. The second-order valence-corrected chi connectivity index (χ2v) is 7.25. The first-order chi connectivity index (χ1) is 10.6. The van der Waals surface area contributed by atoms with Gasteiger partial charge in [-0.05, 0) is 18.1 Å². The Bertz CT molecular complexity index is 786. The fourth-order valence-electron chi connectivity index (χ4n) is 4.20. The van der Waals surface area contributed by atoms with Crippen LogP contribution in [-0.4, -0.2) is 23.3 Å². The normalized spacial score (nSPS) is 41.6. The van der Waals surface area contributed by atoms with Crippen LogP contribution in [0.5, 0.6) is 0 Å². The molecule has 3 aliphatic rings. The summed E-state index contributed by atoms with van der Waals surface area (Å²) in [6.07, 6.45) is 0. The van der Waals surface area contributed by atoms with Crippen LogP contribution in [0.15, 0.2) is 24.3 Å². The van der Waals surface area contributed by atoms with Crippen molar-refractivity contribution in [3.05, 3.63) is 35.4 Å². The van der Waals surface area contributed by atoms with Crippen LogP contribution in [0, 0.1) is 40.4 Å². The monoisotopic (exact) mass is 311 g/mol. The van der Waals surface area contributed by atoms with E-state index in [2.05, 4.69) is 17.1 Å². The molecule has 1 aromatic carbocycles. The summed E-state index contributed by atoms with van der Waals surface area (Å²) >= 11 is 1.54. The van der Waals surface area contributed by atoms with Crippen LogP contribution >= 0.6 is 11.8 Å². The van der Waals surface area contributed by atoms with Crippen molar-refractivity contribution in [2.75, 3.05) is 12.4 Å². The molecule has 2 heterocycles. The van der Waals surface area contributed by atoms with Gasteiger partial charge in [-0.25, -0.2) is 4.99 Å². The second-order valence-electron chi connectivity index (χ2n) is 5.98. The minimum absolute atomic E-state index is 0.261. The van der Waals surface area contributed by atoms with Gasteiger partial charge in [0, 0.05) is 11.7 Å². The van der Waals surface area contributed by atoms with Crippen molar-refractivity contribution in [1.29, 1.82) is 10.5 Å². The largest absolute Gasteiger partial charge is 0.327 e. The summed E-state index contributed by atoms with van der Waals surface area (Å²) < 4.78 is 5.92. The van der Waals surface area contributed by atoms with E-state index >= 15 is 0 Å². The maximum Gasteiger partial charge on any atom is 0.277 e. The highest BCUT2D eigenvalue weighted by Crippen LogP contribution is 2.80. The van der Waals surface area contributed by atoms with Crippen LogP contribution < -0.4 is 10.7 Å². The lowest BCUT2D eigenvalue weighted by Crippen LogP contribution is -2.88. The van der Waals surface area contributed by atoms with E-state index < -0.39 is 15.9 Å². The van der Waals surface area contributed by atoms with Gasteiger partial charge in [0.1, 0.15) is 0 Å². The SMILES string of the molecule is Cc1ccccc1[C@H]1[C@@]2(C#N)[C@@]3([NH+]=C(N)[C@@]12C#N)OCCS3. The third kappa shape index (κ3) is 1.16. The lowest BCUT2D eigenvalue weighted by atomic mass is 9.95. The average molecular weight is 311 g/mol. The second kappa shape index (κ2) is 4.04. The molecule has 1 saturated carbocycles. The zero-order valence-corrected chi connectivity index (χ0v) is 12.9. The standard InChI is InChI=1S/C16H14N4OS/c1-10-4-2-3-5-11(10)12-14(8-17)13(19)20-16(15(12,14)9-18)21-6-7-22-16/h2-5,12H,6-7H2,1H3,(H2,19,20)/p+1/t12-,14-,15-,16-/m1/s1. The Morgan fingerprint density at radius 3 is 2.73 bits per heavy atom. The molecule has 4 rings (SSSR count). The number of hydrogen-bond acceptors (Lipinski definition) is 5. The molecule has 5 nitrogen and oxygen atoms in total. The predicted octanol–water partition coefficient (Wildman–Crippen LogP) is -0.0192. The number of rotatable bonds is 1. The van der Waals surface area contributed by atoms with Crippen molar-refractivity contribution in [3.8, 4) is 12.1 Å². The van der Waals surface area contributed by atoms with Crippen molar-refractivity contribution >= 4 is 17.6 Å². The molecular formula is C16H15N4OS+. The smallest absolute Gasteiger partial charge is 0.277 e. The number of hydrogen-bond donors (Lipinski definition) is 2. The molecule has 0 radical (unpaired) electrons. The van der Waals surface area contributed by atoms with Crippen molar-refractivity contribution in [3.63, 3.8) is 0 Å². The summed E-state index contributed by atoms with van der Waals surface area (Å²) in [5.74, 6) is 0.883. The minimum Gasteiger partial charge on any atom is -0.327 e. The van der Waals surface area contributed by atoms with Crippen LogP contribution in [0.2, 0.25) is 0 Å². The van der Waals surface area contributed by atoms with Crippen LogP contribution in [0.25, 0.3) is 0 Å². The average Bonchev–Trinajstić information content (AvgIpc) is 2.76. The number of thioether (sulfide) groups is 1. The third-order valence-electron chi connectivity index (χ3n) is 5.19. The first-order valence-corrected chi connectivity index (χ1v) is 8.15. The highest BCUT2D eigenvalue weighted by Gasteiger charge is 2.96. The summed E-state index contributed by atoms with van der Waals surface area (Å²) in [5.41, 5.74) is 6.27. The topological polar surface area (TPSA) is 96.8 Å². The molecule has 0 aromatic heterocycles. The zero-order valence-electron chi connectivity index (χ0n) is 12.1. The fraction of sp³-hybridized carbons (Fsp3) is 0.438. The maximum absolute atomic E-state index is 10.0. The van der Waals surface area contributed by atoms with E-state index in [1.54, 1.807) is 0 Å². The first kappa shape index (κ1) is 13.6. The number of amidine groups is 1. The molecule has 1 saturated heterocycles. The summed E-state index contributed by atoms with van der Waals surface area (Å²) in [4.78, 5) is 3.12. The van der Waals surface area contributed by atoms with E-state index in [-0.39, 0.29) is 5.92 Å². The lowest BCUT2D eigenvalue weighted by Gasteiger charge is -2.24. The molecule has 1 aliphatic carbocycles. The van der Waals surface area contributed by atoms with Gasteiger partial charge in [-0.15, -0.1) is 0 Å². The van der Waals surface area contributed by atoms with E-state index in [4.69, 9.17) is 10.5 Å². The predicted molar refractivity (Wildman–Crippen MR) is 81.3 cm³/mol. The first-order valence-electron chi connectivity index (χ1n) is 7.16. The van der Waals surface area contributed by atoms with E-state index in [1.807, 2.05) is 31.2 Å². The Kier molecular flexibility index (Phi) is 2.50. The molecule has 0 unspecified atom stereocenters. The molecule has 110 valence electrons. The van der Waals surface area contributed by atoms with E-state index in [0.29, 0.717) is 12.4 Å². The maximum atomic E-state index is 10.0. The van der Waals surface area contributed by atoms with Gasteiger partial charge in [0.15, 0.2) is 10.8 Å². The van der Waals surface area contributed by atoms with E-state index in [9.17, 15) is 10.5 Å². The molecule has 2 fully saturated rings. The number of fused-ring (bicyclic) bond motifs is 2. The zero-order chi connectivity index (χ0) is 15.6. The Balaban J connectivity index is 1.97. The van der Waals surface area contributed by atoms with Gasteiger partial charge in [0.2, 0.25) is 0 Å². The quantitative estimate of drug-likeness (QED) is 0.760. The number of nitrogens with two attached hydrogens (primary N) is 1. The van der Waals surface area contributed by atoms with Gasteiger partial charge < -0.3 is 4.74 Å². The molecular weight excluding hydrogens is 296 g/mol. The summed E-state index contributed by atoms with van der Waals surface area (Å²) in [6, 6.07) is 12.6. The molecule has 1 spiro atoms. The molecule has 3 N–H and O–H groups in total. The molecule has 1 aromatic rings.